The van der Waals surface area contributed by atoms with E-state index in [1.54, 1.807) is 18.3 Å². The Balaban J connectivity index is 1.77. The summed E-state index contributed by atoms with van der Waals surface area (Å²) in [6, 6.07) is 11.2. The summed E-state index contributed by atoms with van der Waals surface area (Å²) in [7, 11) is 0. The number of amides is 1. The molecule has 2 aromatic rings. The first kappa shape index (κ1) is 19.7. The van der Waals surface area contributed by atoms with E-state index < -0.39 is 11.7 Å². The topological polar surface area (TPSA) is 116 Å². The fourth-order valence-electron chi connectivity index (χ4n) is 3.20. The Labute approximate surface area is 165 Å². The predicted octanol–water partition coefficient (Wildman–Crippen LogP) is 3.60. The van der Waals surface area contributed by atoms with Gasteiger partial charge in [-0.3, -0.25) is 0 Å². The molecule has 1 saturated carbocycles. The largest absolute Gasteiger partial charge is 0.444 e. The second kappa shape index (κ2) is 7.50. The second-order valence-electron chi connectivity index (χ2n) is 8.04. The van der Waals surface area contributed by atoms with Crippen LogP contribution < -0.4 is 16.8 Å². The van der Waals surface area contributed by atoms with Gasteiger partial charge < -0.3 is 21.5 Å². The Morgan fingerprint density at radius 3 is 2.43 bits per heavy atom. The molecule has 0 spiro atoms. The van der Waals surface area contributed by atoms with E-state index in [0.717, 1.165) is 24.8 Å². The van der Waals surface area contributed by atoms with E-state index in [-0.39, 0.29) is 5.54 Å². The van der Waals surface area contributed by atoms with Gasteiger partial charge in [0.25, 0.3) is 0 Å². The number of rotatable bonds is 4. The number of nitrogens with one attached hydrogen (secondary N) is 1. The van der Waals surface area contributed by atoms with Gasteiger partial charge in [-0.05, 0) is 69.9 Å². The fraction of sp³-hybridized carbons (Fsp3) is 0.381. The van der Waals surface area contributed by atoms with Crippen LogP contribution in [0.3, 0.4) is 0 Å². The molecule has 3 rings (SSSR count). The van der Waals surface area contributed by atoms with E-state index >= 15 is 0 Å². The summed E-state index contributed by atoms with van der Waals surface area (Å²) in [6.45, 7) is 5.56. The van der Waals surface area contributed by atoms with Crippen LogP contribution in [-0.2, 0) is 10.3 Å². The van der Waals surface area contributed by atoms with Crippen molar-refractivity contribution in [3.05, 3.63) is 53.7 Å². The van der Waals surface area contributed by atoms with Crippen molar-refractivity contribution in [3.63, 3.8) is 0 Å². The minimum atomic E-state index is -0.529. The highest BCUT2D eigenvalue weighted by molar-refractivity contribution is 6.02. The van der Waals surface area contributed by atoms with Crippen molar-refractivity contribution in [2.45, 2.75) is 51.2 Å². The van der Waals surface area contributed by atoms with Crippen LogP contribution in [-0.4, -0.2) is 22.5 Å². The third-order valence-corrected chi connectivity index (χ3v) is 4.73. The standard InChI is InChI=1S/C21H27N5O2/c1-20(2,3)28-19(27)26-21(11-5-12-21)14-7-9-15(10-8-14)25-18(23)16-6-4-13-24-17(16)22/h4,6-10,13H,5,11-12H2,1-3H3,(H2,22,24)(H2,23,25)(H,26,27). The van der Waals surface area contributed by atoms with Gasteiger partial charge >= 0.3 is 6.09 Å². The summed E-state index contributed by atoms with van der Waals surface area (Å²) in [6.07, 6.45) is 4.03. The van der Waals surface area contributed by atoms with Crippen molar-refractivity contribution >= 4 is 23.4 Å². The molecule has 148 valence electrons. The number of alkyl carbamates (subject to hydrolysis) is 1. The highest BCUT2D eigenvalue weighted by atomic mass is 16.6. The molecule has 7 heteroatoms. The number of aromatic nitrogens is 1. The van der Waals surface area contributed by atoms with Crippen LogP contribution in [0.25, 0.3) is 0 Å². The van der Waals surface area contributed by atoms with Crippen molar-refractivity contribution in [2.75, 3.05) is 5.73 Å². The van der Waals surface area contributed by atoms with Gasteiger partial charge in [0.1, 0.15) is 17.3 Å². The van der Waals surface area contributed by atoms with Crippen LogP contribution in [0.5, 0.6) is 0 Å². The molecular weight excluding hydrogens is 354 g/mol. The van der Waals surface area contributed by atoms with E-state index in [4.69, 9.17) is 16.2 Å². The number of nitrogens with zero attached hydrogens (tertiary/aromatic N) is 2. The smallest absolute Gasteiger partial charge is 0.408 e. The van der Waals surface area contributed by atoms with Crippen molar-refractivity contribution in [1.29, 1.82) is 0 Å². The van der Waals surface area contributed by atoms with Gasteiger partial charge in [-0.2, -0.15) is 0 Å². The lowest BCUT2D eigenvalue weighted by Gasteiger charge is -2.43. The number of amidine groups is 1. The van der Waals surface area contributed by atoms with E-state index in [1.165, 1.54) is 0 Å². The summed E-state index contributed by atoms with van der Waals surface area (Å²) < 4.78 is 5.42. The van der Waals surface area contributed by atoms with Crippen LogP contribution in [0, 0.1) is 0 Å². The van der Waals surface area contributed by atoms with Gasteiger partial charge in [0.15, 0.2) is 0 Å². The van der Waals surface area contributed by atoms with Crippen molar-refractivity contribution < 1.29 is 9.53 Å². The first-order valence-corrected chi connectivity index (χ1v) is 9.35. The third kappa shape index (κ3) is 4.42. The highest BCUT2D eigenvalue weighted by Gasteiger charge is 2.41. The van der Waals surface area contributed by atoms with Crippen LogP contribution in [0.1, 0.15) is 51.2 Å². The molecule has 1 heterocycles. The van der Waals surface area contributed by atoms with Gasteiger partial charge in [-0.1, -0.05) is 12.1 Å². The Hall–Kier alpha value is -3.09. The average Bonchev–Trinajstić information content (AvgIpc) is 2.58. The lowest BCUT2D eigenvalue weighted by molar-refractivity contribution is 0.0377. The van der Waals surface area contributed by atoms with Crippen LogP contribution in [0.15, 0.2) is 47.6 Å². The third-order valence-electron chi connectivity index (χ3n) is 4.73. The van der Waals surface area contributed by atoms with E-state index in [1.807, 2.05) is 45.0 Å². The number of benzene rings is 1. The number of nitrogens with two attached hydrogens (primary N) is 2. The number of ether oxygens (including phenoxy) is 1. The molecule has 1 aliphatic rings. The summed E-state index contributed by atoms with van der Waals surface area (Å²) in [5.41, 5.74) is 13.3. The molecule has 0 radical (unpaired) electrons. The molecule has 1 aliphatic carbocycles. The monoisotopic (exact) mass is 381 g/mol. The van der Waals surface area contributed by atoms with E-state index in [0.29, 0.717) is 22.9 Å². The van der Waals surface area contributed by atoms with Crippen LogP contribution in [0.4, 0.5) is 16.3 Å². The molecule has 0 unspecified atom stereocenters. The number of pyridine rings is 1. The number of hydrogen-bond acceptors (Lipinski definition) is 5. The minimum Gasteiger partial charge on any atom is -0.444 e. The zero-order valence-corrected chi connectivity index (χ0v) is 16.5. The van der Waals surface area contributed by atoms with Crippen molar-refractivity contribution in [1.82, 2.24) is 10.3 Å². The number of nitrogen functional groups attached to an aromatic ring is 1. The molecule has 1 aromatic carbocycles. The Morgan fingerprint density at radius 2 is 1.89 bits per heavy atom. The Morgan fingerprint density at radius 1 is 1.21 bits per heavy atom. The highest BCUT2D eigenvalue weighted by Crippen LogP contribution is 2.42. The minimum absolute atomic E-state index is 0.309. The lowest BCUT2D eigenvalue weighted by Crippen LogP contribution is -2.52. The number of hydrogen-bond donors (Lipinski definition) is 3. The van der Waals surface area contributed by atoms with Crippen LogP contribution >= 0.6 is 0 Å². The Bertz CT molecular complexity index is 880. The molecule has 28 heavy (non-hydrogen) atoms. The molecule has 1 amide bonds. The van der Waals surface area contributed by atoms with Crippen molar-refractivity contribution in [2.24, 2.45) is 10.7 Å². The molecule has 5 N–H and O–H groups in total. The maximum Gasteiger partial charge on any atom is 0.408 e. The average molecular weight is 381 g/mol. The molecule has 7 nitrogen and oxygen atoms in total. The quantitative estimate of drug-likeness (QED) is 0.553. The maximum absolute atomic E-state index is 12.3. The second-order valence-corrected chi connectivity index (χ2v) is 8.04. The summed E-state index contributed by atoms with van der Waals surface area (Å²) in [4.78, 5) is 20.7. The molecule has 1 fully saturated rings. The maximum atomic E-state index is 12.3. The molecule has 0 atom stereocenters. The first-order chi connectivity index (χ1) is 13.2. The van der Waals surface area contributed by atoms with Gasteiger partial charge in [0.05, 0.1) is 16.8 Å². The summed E-state index contributed by atoms with van der Waals surface area (Å²) in [5.74, 6) is 0.652. The normalized spacial score (nSPS) is 16.2. The van der Waals surface area contributed by atoms with Gasteiger partial charge in [0.2, 0.25) is 0 Å². The van der Waals surface area contributed by atoms with E-state index in [2.05, 4.69) is 15.3 Å². The number of aliphatic imine (C=N–C) groups is 1. The van der Waals surface area contributed by atoms with Gasteiger partial charge in [-0.15, -0.1) is 0 Å². The molecule has 1 aromatic heterocycles. The zero-order chi connectivity index (χ0) is 20.4. The SMILES string of the molecule is CC(C)(C)OC(=O)NC1(c2ccc(N=C(N)c3cccnc3N)cc2)CCC1. The first-order valence-electron chi connectivity index (χ1n) is 9.35. The Kier molecular flexibility index (Phi) is 5.27. The van der Waals surface area contributed by atoms with Crippen molar-refractivity contribution in [3.8, 4) is 0 Å². The lowest BCUT2D eigenvalue weighted by atomic mass is 9.72. The van der Waals surface area contributed by atoms with Gasteiger partial charge in [0, 0.05) is 6.20 Å². The summed E-state index contributed by atoms with van der Waals surface area (Å²) in [5, 5.41) is 3.05. The number of carbonyl (C=O) groups is 1. The fourth-order valence-corrected chi connectivity index (χ4v) is 3.20. The number of anilines is 1. The molecule has 0 aliphatic heterocycles. The summed E-state index contributed by atoms with van der Waals surface area (Å²) >= 11 is 0. The van der Waals surface area contributed by atoms with Crippen LogP contribution in [0.2, 0.25) is 0 Å². The molecular formula is C21H27N5O2. The zero-order valence-electron chi connectivity index (χ0n) is 16.5. The predicted molar refractivity (Wildman–Crippen MR) is 110 cm³/mol. The molecule has 0 saturated heterocycles. The molecule has 0 bridgehead atoms. The number of carbonyl (C=O) groups excluding carboxylic acids is 1. The van der Waals surface area contributed by atoms with E-state index in [9.17, 15) is 4.79 Å². The van der Waals surface area contributed by atoms with Gasteiger partial charge in [-0.25, -0.2) is 14.8 Å².